The molecule has 0 aliphatic heterocycles. The molecule has 1 heterocycles. The fourth-order valence-corrected chi connectivity index (χ4v) is 1.25. The van der Waals surface area contributed by atoms with E-state index >= 15 is 0 Å². The van der Waals surface area contributed by atoms with Crippen LogP contribution in [0.3, 0.4) is 0 Å². The third-order valence-electron chi connectivity index (χ3n) is 1.58. The van der Waals surface area contributed by atoms with Crippen molar-refractivity contribution in [3.8, 4) is 0 Å². The molecule has 1 aromatic heterocycles. The van der Waals surface area contributed by atoms with E-state index in [-0.39, 0.29) is 10.7 Å². The van der Waals surface area contributed by atoms with E-state index in [9.17, 15) is 13.6 Å². The lowest BCUT2D eigenvalue weighted by atomic mass is 10.4. The Morgan fingerprint density at radius 2 is 2.29 bits per heavy atom. The quantitative estimate of drug-likeness (QED) is 0.853. The largest absolute Gasteiger partial charge is 0.480 e. The van der Waals surface area contributed by atoms with Gasteiger partial charge in [0.25, 0.3) is 6.43 Å². The molecule has 0 aromatic carbocycles. The third kappa shape index (κ3) is 2.01. The van der Waals surface area contributed by atoms with Crippen LogP contribution in [-0.4, -0.2) is 20.9 Å². The average Bonchev–Trinajstić information content (AvgIpc) is 2.26. The van der Waals surface area contributed by atoms with Crippen molar-refractivity contribution >= 4 is 17.6 Å². The maximum absolute atomic E-state index is 12.4. The molecule has 0 atom stereocenters. The van der Waals surface area contributed by atoms with Crippen molar-refractivity contribution in [1.82, 2.24) is 9.78 Å². The molecule has 0 unspecified atom stereocenters. The lowest BCUT2D eigenvalue weighted by Crippen LogP contribution is -2.13. The van der Waals surface area contributed by atoms with Crippen LogP contribution < -0.4 is 0 Å². The van der Waals surface area contributed by atoms with E-state index in [0.717, 1.165) is 0 Å². The van der Waals surface area contributed by atoms with Crippen LogP contribution in [0.1, 0.15) is 17.8 Å². The summed E-state index contributed by atoms with van der Waals surface area (Å²) in [6.07, 6.45) is -2.83. The van der Waals surface area contributed by atoms with Gasteiger partial charge >= 0.3 is 5.97 Å². The third-order valence-corrected chi connectivity index (χ3v) is 2.05. The minimum Gasteiger partial charge on any atom is -0.480 e. The summed E-state index contributed by atoms with van der Waals surface area (Å²) in [6.45, 7) is 0.819. The van der Waals surface area contributed by atoms with E-state index in [0.29, 0.717) is 4.68 Å². The molecule has 0 saturated heterocycles. The van der Waals surface area contributed by atoms with Crippen LogP contribution in [0.5, 0.6) is 0 Å². The van der Waals surface area contributed by atoms with Gasteiger partial charge in [0.1, 0.15) is 12.2 Å². The van der Waals surface area contributed by atoms with Crippen LogP contribution in [0.15, 0.2) is 0 Å². The predicted molar refractivity (Wildman–Crippen MR) is 44.6 cm³/mol. The van der Waals surface area contributed by atoms with Gasteiger partial charge in [-0.15, -0.1) is 0 Å². The summed E-state index contributed by atoms with van der Waals surface area (Å²) in [5.41, 5.74) is -0.352. The molecule has 4 nitrogen and oxygen atoms in total. The Bertz CT molecular complexity index is 365. The minimum absolute atomic E-state index is 0.179. The van der Waals surface area contributed by atoms with Gasteiger partial charge in [0.2, 0.25) is 0 Å². The Labute approximate surface area is 83.1 Å². The normalized spacial score (nSPS) is 10.9. The second kappa shape index (κ2) is 3.91. The molecule has 0 bridgehead atoms. The van der Waals surface area contributed by atoms with Gasteiger partial charge in [-0.05, 0) is 6.92 Å². The number of carboxylic acids is 1. The number of aliphatic carboxylic acids is 1. The van der Waals surface area contributed by atoms with Crippen molar-refractivity contribution in [2.75, 3.05) is 0 Å². The molecule has 1 aromatic rings. The van der Waals surface area contributed by atoms with Crippen LogP contribution in [0.25, 0.3) is 0 Å². The highest BCUT2D eigenvalue weighted by molar-refractivity contribution is 6.31. The van der Waals surface area contributed by atoms with Crippen molar-refractivity contribution < 1.29 is 18.7 Å². The van der Waals surface area contributed by atoms with Crippen LogP contribution >= 0.6 is 11.6 Å². The first kappa shape index (κ1) is 10.9. The van der Waals surface area contributed by atoms with Gasteiger partial charge in [0, 0.05) is 0 Å². The lowest BCUT2D eigenvalue weighted by Gasteiger charge is -2.03. The molecular weight excluding hydrogens is 218 g/mol. The highest BCUT2D eigenvalue weighted by atomic mass is 35.5. The topological polar surface area (TPSA) is 55.1 Å². The number of aromatic nitrogens is 2. The Kier molecular flexibility index (Phi) is 3.05. The zero-order valence-electron chi connectivity index (χ0n) is 7.17. The van der Waals surface area contributed by atoms with Gasteiger partial charge in [-0.2, -0.15) is 5.10 Å². The first-order valence-electron chi connectivity index (χ1n) is 3.66. The predicted octanol–water partition coefficient (Wildman–Crippen LogP) is 1.87. The maximum Gasteiger partial charge on any atom is 0.325 e. The molecule has 0 fully saturated rings. The van der Waals surface area contributed by atoms with Crippen LogP contribution in [0, 0.1) is 6.92 Å². The zero-order chi connectivity index (χ0) is 10.9. The van der Waals surface area contributed by atoms with E-state index < -0.39 is 24.6 Å². The van der Waals surface area contributed by atoms with E-state index in [4.69, 9.17) is 16.7 Å². The number of carbonyl (C=O) groups is 1. The van der Waals surface area contributed by atoms with E-state index in [1.807, 2.05) is 0 Å². The average molecular weight is 225 g/mol. The number of nitrogens with zero attached hydrogens (tertiary/aromatic N) is 2. The van der Waals surface area contributed by atoms with Crippen molar-refractivity contribution in [1.29, 1.82) is 0 Å². The van der Waals surface area contributed by atoms with Crippen LogP contribution in [0.4, 0.5) is 8.78 Å². The molecule has 1 rings (SSSR count). The number of carboxylic acid groups (broad SMARTS) is 1. The molecule has 0 aliphatic carbocycles. The Balaban J connectivity index is 3.15. The number of halogens is 3. The van der Waals surface area contributed by atoms with Gasteiger partial charge in [-0.3, -0.25) is 9.48 Å². The fraction of sp³-hybridized carbons (Fsp3) is 0.429. The summed E-state index contributed by atoms with van der Waals surface area (Å²) >= 11 is 5.54. The van der Waals surface area contributed by atoms with Crippen LogP contribution in [-0.2, 0) is 11.3 Å². The summed E-state index contributed by atoms with van der Waals surface area (Å²) in [6, 6.07) is 0. The SMILES string of the molecule is Cc1nn(CC(=O)O)c(C(F)F)c1Cl. The zero-order valence-corrected chi connectivity index (χ0v) is 7.92. The second-order valence-electron chi connectivity index (χ2n) is 2.64. The van der Waals surface area contributed by atoms with Gasteiger partial charge in [-0.1, -0.05) is 11.6 Å². The molecule has 0 aliphatic rings. The summed E-state index contributed by atoms with van der Waals surface area (Å²) in [4.78, 5) is 10.3. The number of rotatable bonds is 3. The summed E-state index contributed by atoms with van der Waals surface area (Å²) < 4.78 is 25.5. The monoisotopic (exact) mass is 224 g/mol. The molecule has 78 valence electrons. The maximum atomic E-state index is 12.4. The Morgan fingerprint density at radius 3 is 2.71 bits per heavy atom. The minimum atomic E-state index is -2.83. The highest BCUT2D eigenvalue weighted by Gasteiger charge is 2.22. The van der Waals surface area contributed by atoms with Gasteiger partial charge in [0.15, 0.2) is 0 Å². The van der Waals surface area contributed by atoms with Crippen molar-refractivity contribution in [2.24, 2.45) is 0 Å². The van der Waals surface area contributed by atoms with E-state index in [2.05, 4.69) is 5.10 Å². The Hall–Kier alpha value is -1.17. The van der Waals surface area contributed by atoms with Crippen LogP contribution in [0.2, 0.25) is 5.02 Å². The standard InChI is InChI=1S/C7H7ClF2N2O2/c1-3-5(8)6(7(9)10)12(11-3)2-4(13)14/h7H,2H2,1H3,(H,13,14). The Morgan fingerprint density at radius 1 is 1.71 bits per heavy atom. The lowest BCUT2D eigenvalue weighted by molar-refractivity contribution is -0.138. The second-order valence-corrected chi connectivity index (χ2v) is 3.01. The van der Waals surface area contributed by atoms with Gasteiger partial charge in [0.05, 0.1) is 10.7 Å². The van der Waals surface area contributed by atoms with Crippen molar-refractivity contribution in [2.45, 2.75) is 19.9 Å². The fourth-order valence-electron chi connectivity index (χ4n) is 1.03. The van der Waals surface area contributed by atoms with Gasteiger partial charge in [-0.25, -0.2) is 8.78 Å². The molecule has 1 N–H and O–H groups in total. The molecule has 0 radical (unpaired) electrons. The van der Waals surface area contributed by atoms with E-state index in [1.165, 1.54) is 6.92 Å². The molecule has 7 heteroatoms. The molecular formula is C7H7ClF2N2O2. The van der Waals surface area contributed by atoms with Crippen molar-refractivity contribution in [3.63, 3.8) is 0 Å². The molecule has 0 amide bonds. The van der Waals surface area contributed by atoms with E-state index in [1.54, 1.807) is 0 Å². The number of alkyl halides is 2. The highest BCUT2D eigenvalue weighted by Crippen LogP contribution is 2.29. The summed E-state index contributed by atoms with van der Waals surface area (Å²) in [7, 11) is 0. The first-order valence-corrected chi connectivity index (χ1v) is 4.04. The van der Waals surface area contributed by atoms with Gasteiger partial charge < -0.3 is 5.11 Å². The first-order chi connectivity index (χ1) is 6.43. The summed E-state index contributed by atoms with van der Waals surface area (Å²) in [5.74, 6) is -1.24. The van der Waals surface area contributed by atoms with Crippen molar-refractivity contribution in [3.05, 3.63) is 16.4 Å². The number of aryl methyl sites for hydroxylation is 1. The molecule has 0 spiro atoms. The molecule has 14 heavy (non-hydrogen) atoms. The molecule has 0 saturated carbocycles. The number of hydrogen-bond donors (Lipinski definition) is 1. The summed E-state index contributed by atoms with van der Waals surface area (Å²) in [5, 5.41) is 11.8. The smallest absolute Gasteiger partial charge is 0.325 e. The number of hydrogen-bond acceptors (Lipinski definition) is 2.